The van der Waals surface area contributed by atoms with Crippen molar-refractivity contribution in [1.29, 1.82) is 0 Å². The van der Waals surface area contributed by atoms with Gasteiger partial charge in [-0.15, -0.1) is 0 Å². The fourth-order valence-electron chi connectivity index (χ4n) is 2.18. The van der Waals surface area contributed by atoms with Gasteiger partial charge in [-0.25, -0.2) is 4.39 Å². The van der Waals surface area contributed by atoms with Crippen molar-refractivity contribution in [3.8, 4) is 0 Å². The van der Waals surface area contributed by atoms with Crippen LogP contribution in [0.15, 0.2) is 24.3 Å². The molecule has 1 N–H and O–H groups in total. The number of nitrogens with zero attached hydrogens (tertiary/aromatic N) is 1. The van der Waals surface area contributed by atoms with Crippen LogP contribution in [-0.2, 0) is 9.53 Å². The molecule has 2 rings (SSSR count). The van der Waals surface area contributed by atoms with Crippen LogP contribution < -0.4 is 5.32 Å². The zero-order valence-electron chi connectivity index (χ0n) is 11.2. The average Bonchev–Trinajstić information content (AvgIpc) is 2.46. The smallest absolute Gasteiger partial charge is 0.242 e. The summed E-state index contributed by atoms with van der Waals surface area (Å²) < 4.78 is 19.0. The Labute approximate surface area is 112 Å². The number of benzene rings is 1. The maximum atomic E-state index is 13.7. The number of halogens is 1. The number of morpholine rings is 1. The van der Waals surface area contributed by atoms with Gasteiger partial charge in [0, 0.05) is 19.2 Å². The zero-order chi connectivity index (χ0) is 13.8. The topological polar surface area (TPSA) is 41.6 Å². The van der Waals surface area contributed by atoms with Gasteiger partial charge in [0.25, 0.3) is 0 Å². The third kappa shape index (κ3) is 3.11. The van der Waals surface area contributed by atoms with Crippen molar-refractivity contribution in [1.82, 2.24) is 10.2 Å². The van der Waals surface area contributed by atoms with E-state index in [9.17, 15) is 9.18 Å². The molecule has 1 amide bonds. The molecule has 0 spiro atoms. The van der Waals surface area contributed by atoms with E-state index in [1.54, 1.807) is 30.1 Å². The highest BCUT2D eigenvalue weighted by atomic mass is 19.1. The predicted molar refractivity (Wildman–Crippen MR) is 70.2 cm³/mol. The lowest BCUT2D eigenvalue weighted by molar-refractivity contribution is -0.137. The molecule has 0 aromatic heterocycles. The Morgan fingerprint density at radius 1 is 1.53 bits per heavy atom. The van der Waals surface area contributed by atoms with Crippen LogP contribution in [0, 0.1) is 5.82 Å². The molecule has 1 aromatic carbocycles. The molecule has 1 fully saturated rings. The molecule has 0 bridgehead atoms. The Morgan fingerprint density at radius 2 is 2.26 bits per heavy atom. The van der Waals surface area contributed by atoms with E-state index in [2.05, 4.69) is 5.32 Å². The first kappa shape index (κ1) is 14.0. The number of ether oxygens (including phenoxy) is 1. The van der Waals surface area contributed by atoms with Gasteiger partial charge < -0.3 is 15.0 Å². The van der Waals surface area contributed by atoms with Crippen molar-refractivity contribution in [2.75, 3.05) is 26.8 Å². The largest absolute Gasteiger partial charge is 0.378 e. The van der Waals surface area contributed by atoms with Crippen LogP contribution in [0.3, 0.4) is 0 Å². The molecule has 1 heterocycles. The molecule has 5 heteroatoms. The maximum absolute atomic E-state index is 13.7. The molecule has 2 atom stereocenters. The number of hydrogen-bond donors (Lipinski definition) is 1. The summed E-state index contributed by atoms with van der Waals surface area (Å²) in [6, 6.07) is 5.88. The average molecular weight is 266 g/mol. The third-order valence-corrected chi connectivity index (χ3v) is 3.50. The second-order valence-electron chi connectivity index (χ2n) is 4.73. The van der Waals surface area contributed by atoms with Crippen LogP contribution in [0.1, 0.15) is 18.5 Å². The molecule has 19 heavy (non-hydrogen) atoms. The van der Waals surface area contributed by atoms with E-state index in [1.165, 1.54) is 6.07 Å². The number of likely N-dealkylation sites (N-methyl/N-ethyl adjacent to an activating group) is 1. The summed E-state index contributed by atoms with van der Waals surface area (Å²) in [6.07, 6.45) is 0. The van der Waals surface area contributed by atoms with Crippen molar-refractivity contribution < 1.29 is 13.9 Å². The normalized spacial score (nSPS) is 20.9. The highest BCUT2D eigenvalue weighted by Crippen LogP contribution is 2.22. The summed E-state index contributed by atoms with van der Waals surface area (Å²) >= 11 is 0. The van der Waals surface area contributed by atoms with Crippen molar-refractivity contribution in [2.24, 2.45) is 0 Å². The van der Waals surface area contributed by atoms with Crippen LogP contribution in [0.2, 0.25) is 0 Å². The summed E-state index contributed by atoms with van der Waals surface area (Å²) in [6.45, 7) is 3.47. The molecule has 1 aromatic rings. The van der Waals surface area contributed by atoms with Gasteiger partial charge in [0.05, 0.1) is 19.3 Å². The number of amides is 1. The molecule has 0 aliphatic carbocycles. The predicted octanol–water partition coefficient (Wildman–Crippen LogP) is 1.33. The van der Waals surface area contributed by atoms with Crippen molar-refractivity contribution in [3.05, 3.63) is 35.6 Å². The highest BCUT2D eigenvalue weighted by Gasteiger charge is 2.28. The standard InChI is InChI=1S/C14H19FN2O2/c1-10(11-5-3-4-6-12(11)15)17(2)14(18)13-9-19-8-7-16-13/h3-6,10,13,16H,7-9H2,1-2H3. The third-order valence-electron chi connectivity index (χ3n) is 3.50. The Morgan fingerprint density at radius 3 is 2.89 bits per heavy atom. The second kappa shape index (κ2) is 6.12. The van der Waals surface area contributed by atoms with Crippen LogP contribution >= 0.6 is 0 Å². The van der Waals surface area contributed by atoms with E-state index >= 15 is 0 Å². The Kier molecular flexibility index (Phi) is 4.50. The molecule has 2 unspecified atom stereocenters. The summed E-state index contributed by atoms with van der Waals surface area (Å²) in [7, 11) is 1.69. The summed E-state index contributed by atoms with van der Waals surface area (Å²) in [5.74, 6) is -0.363. The minimum atomic E-state index is -0.340. The fraction of sp³-hybridized carbons (Fsp3) is 0.500. The van der Waals surface area contributed by atoms with E-state index in [0.717, 1.165) is 0 Å². The second-order valence-corrected chi connectivity index (χ2v) is 4.73. The van der Waals surface area contributed by atoms with Crippen LogP contribution in [-0.4, -0.2) is 43.7 Å². The lowest BCUT2D eigenvalue weighted by Crippen LogP contribution is -2.52. The Balaban J connectivity index is 2.08. The van der Waals surface area contributed by atoms with E-state index < -0.39 is 0 Å². The van der Waals surface area contributed by atoms with Gasteiger partial charge in [0.1, 0.15) is 11.9 Å². The van der Waals surface area contributed by atoms with Gasteiger partial charge in [-0.2, -0.15) is 0 Å². The number of carbonyl (C=O) groups is 1. The van der Waals surface area contributed by atoms with E-state index in [-0.39, 0.29) is 23.8 Å². The van der Waals surface area contributed by atoms with Gasteiger partial charge >= 0.3 is 0 Å². The van der Waals surface area contributed by atoms with Crippen molar-refractivity contribution in [3.63, 3.8) is 0 Å². The first-order chi connectivity index (χ1) is 9.11. The van der Waals surface area contributed by atoms with Crippen molar-refractivity contribution >= 4 is 5.91 Å². The fourth-order valence-corrected chi connectivity index (χ4v) is 2.18. The summed E-state index contributed by atoms with van der Waals surface area (Å²) in [5.41, 5.74) is 0.523. The molecular weight excluding hydrogens is 247 g/mol. The number of nitrogens with one attached hydrogen (secondary N) is 1. The molecule has 1 saturated heterocycles. The highest BCUT2D eigenvalue weighted by molar-refractivity contribution is 5.82. The summed E-state index contributed by atoms with van der Waals surface area (Å²) in [5, 5.41) is 3.11. The zero-order valence-corrected chi connectivity index (χ0v) is 11.2. The van der Waals surface area contributed by atoms with E-state index in [1.807, 2.05) is 6.92 Å². The van der Waals surface area contributed by atoms with Gasteiger partial charge in [0.2, 0.25) is 5.91 Å². The monoisotopic (exact) mass is 266 g/mol. The number of carbonyl (C=O) groups excluding carboxylic acids is 1. The van der Waals surface area contributed by atoms with Crippen LogP contribution in [0.4, 0.5) is 4.39 Å². The molecular formula is C14H19FN2O2. The first-order valence-corrected chi connectivity index (χ1v) is 6.43. The molecule has 0 saturated carbocycles. The van der Waals surface area contributed by atoms with E-state index in [4.69, 9.17) is 4.74 Å². The number of rotatable bonds is 3. The lowest BCUT2D eigenvalue weighted by atomic mass is 10.1. The van der Waals surface area contributed by atoms with Crippen molar-refractivity contribution in [2.45, 2.75) is 19.0 Å². The Hall–Kier alpha value is -1.46. The quantitative estimate of drug-likeness (QED) is 0.897. The molecule has 1 aliphatic heterocycles. The SMILES string of the molecule is CC(c1ccccc1F)N(C)C(=O)C1COCCN1. The minimum absolute atomic E-state index is 0.0737. The molecule has 104 valence electrons. The molecule has 1 aliphatic rings. The molecule has 0 radical (unpaired) electrons. The Bertz CT molecular complexity index is 447. The van der Waals surface area contributed by atoms with E-state index in [0.29, 0.717) is 25.3 Å². The maximum Gasteiger partial charge on any atom is 0.242 e. The first-order valence-electron chi connectivity index (χ1n) is 6.43. The lowest BCUT2D eigenvalue weighted by Gasteiger charge is -2.31. The minimum Gasteiger partial charge on any atom is -0.378 e. The summed E-state index contributed by atoms with van der Waals surface area (Å²) in [4.78, 5) is 13.8. The van der Waals surface area contributed by atoms with Crippen LogP contribution in [0.5, 0.6) is 0 Å². The van der Waals surface area contributed by atoms with Gasteiger partial charge in [-0.05, 0) is 13.0 Å². The van der Waals surface area contributed by atoms with Gasteiger partial charge in [-0.1, -0.05) is 18.2 Å². The number of hydrogen-bond acceptors (Lipinski definition) is 3. The molecule has 4 nitrogen and oxygen atoms in total. The van der Waals surface area contributed by atoms with Gasteiger partial charge in [-0.3, -0.25) is 4.79 Å². The van der Waals surface area contributed by atoms with Crippen LogP contribution in [0.25, 0.3) is 0 Å². The van der Waals surface area contributed by atoms with Gasteiger partial charge in [0.15, 0.2) is 0 Å².